The van der Waals surface area contributed by atoms with Crippen LogP contribution in [-0.4, -0.2) is 46.9 Å². The fourth-order valence-electron chi connectivity index (χ4n) is 5.55. The summed E-state index contributed by atoms with van der Waals surface area (Å²) in [5, 5.41) is 24.0. The minimum atomic E-state index is -4.29. The highest BCUT2D eigenvalue weighted by molar-refractivity contribution is 7.93. The second-order valence-electron chi connectivity index (χ2n) is 10.5. The van der Waals surface area contributed by atoms with Crippen molar-refractivity contribution in [2.24, 2.45) is 0 Å². The highest BCUT2D eigenvalue weighted by Crippen LogP contribution is 2.55. The molecule has 1 saturated carbocycles. The van der Waals surface area contributed by atoms with E-state index in [1.54, 1.807) is 26.0 Å². The Morgan fingerprint density at radius 3 is 2.20 bits per heavy atom. The van der Waals surface area contributed by atoms with Crippen LogP contribution in [0.4, 0.5) is 5.69 Å². The second kappa shape index (κ2) is 10.5. The van der Waals surface area contributed by atoms with Crippen molar-refractivity contribution in [1.29, 1.82) is 0 Å². The maximum absolute atomic E-state index is 14.1. The first kappa shape index (κ1) is 28.1. The molecule has 9 nitrogen and oxygen atoms in total. The number of nitrogens with zero attached hydrogens (tertiary/aromatic N) is 3. The molecule has 2 atom stereocenters. The van der Waals surface area contributed by atoms with Gasteiger partial charge in [-0.05, 0) is 86.1 Å². The maximum Gasteiger partial charge on any atom is 0.339 e. The Morgan fingerprint density at radius 1 is 0.927 bits per heavy atom. The third-order valence-electron chi connectivity index (χ3n) is 7.89. The molecule has 1 aliphatic carbocycles. The minimum absolute atomic E-state index is 0.0790. The number of hydrogen-bond donors (Lipinski definition) is 2. The number of aromatic carboxylic acids is 1. The molecule has 0 spiro atoms. The Balaban J connectivity index is 1.61. The number of carboxylic acid groups (broad SMARTS) is 2. The number of aryl methyl sites for hydroxylation is 2. The van der Waals surface area contributed by atoms with Crippen LogP contribution in [0.25, 0.3) is 5.69 Å². The average Bonchev–Trinajstić information content (AvgIpc) is 3.60. The summed E-state index contributed by atoms with van der Waals surface area (Å²) >= 11 is 0. The number of carbonyl (C=O) groups is 2. The van der Waals surface area contributed by atoms with E-state index in [1.165, 1.54) is 23.0 Å². The van der Waals surface area contributed by atoms with Gasteiger partial charge in [0.1, 0.15) is 12.1 Å². The summed E-state index contributed by atoms with van der Waals surface area (Å²) in [6.07, 6.45) is 2.05. The van der Waals surface area contributed by atoms with Gasteiger partial charge in [0.2, 0.25) is 0 Å². The van der Waals surface area contributed by atoms with E-state index in [0.717, 1.165) is 27.4 Å². The molecule has 2 N–H and O–H groups in total. The molecule has 1 heterocycles. The standard InChI is InChI=1S/C31H31N3O6S/c1-18-13-19(2)21(4)30(20(18)3)41(39,40)33(17-28(35)36)23-11-8-12-24(14-23)34-29(27(16-32-34)31(37)38)26-15-25(26)22-9-6-5-7-10-22/h5-14,16,25-26H,15,17H2,1-4H3,(H,35,36)(H,37,38)/t25-,26+/m1/s1. The molecule has 0 unspecified atom stereocenters. The summed E-state index contributed by atoms with van der Waals surface area (Å²) in [4.78, 5) is 24.2. The molecule has 0 aliphatic heterocycles. The predicted molar refractivity (Wildman–Crippen MR) is 155 cm³/mol. The predicted octanol–water partition coefficient (Wildman–Crippen LogP) is 5.36. The molecule has 1 fully saturated rings. The van der Waals surface area contributed by atoms with Gasteiger partial charge >= 0.3 is 11.9 Å². The number of aromatic nitrogens is 2. The fraction of sp³-hybridized carbons (Fsp3) is 0.258. The number of carboxylic acids is 2. The van der Waals surface area contributed by atoms with Crippen LogP contribution in [0.1, 0.15) is 62.1 Å². The molecular formula is C31H31N3O6S. The summed E-state index contributed by atoms with van der Waals surface area (Å²) < 4.78 is 30.6. The lowest BCUT2D eigenvalue weighted by atomic mass is 10.0. The molecule has 3 aromatic carbocycles. The van der Waals surface area contributed by atoms with Crippen LogP contribution in [0, 0.1) is 27.7 Å². The van der Waals surface area contributed by atoms with E-state index < -0.39 is 28.5 Å². The van der Waals surface area contributed by atoms with Gasteiger partial charge in [-0.25, -0.2) is 17.9 Å². The first-order chi connectivity index (χ1) is 19.4. The van der Waals surface area contributed by atoms with Gasteiger partial charge in [-0.15, -0.1) is 0 Å². The van der Waals surface area contributed by atoms with Crippen LogP contribution >= 0.6 is 0 Å². The molecule has 1 aliphatic rings. The van der Waals surface area contributed by atoms with E-state index >= 15 is 0 Å². The van der Waals surface area contributed by atoms with Crippen LogP contribution in [0.15, 0.2) is 71.8 Å². The van der Waals surface area contributed by atoms with Crippen LogP contribution in [0.2, 0.25) is 0 Å². The fourth-order valence-corrected chi connectivity index (χ4v) is 7.53. The van der Waals surface area contributed by atoms with E-state index in [0.29, 0.717) is 22.5 Å². The first-order valence-electron chi connectivity index (χ1n) is 13.2. The third kappa shape index (κ3) is 5.11. The monoisotopic (exact) mass is 573 g/mol. The Morgan fingerprint density at radius 2 is 1.59 bits per heavy atom. The van der Waals surface area contributed by atoms with Crippen molar-refractivity contribution in [3.8, 4) is 5.69 Å². The molecule has 0 bridgehead atoms. The third-order valence-corrected chi connectivity index (χ3v) is 9.94. The normalized spacial score (nSPS) is 16.4. The van der Waals surface area contributed by atoms with Crippen molar-refractivity contribution in [2.45, 2.75) is 50.8 Å². The number of aliphatic carboxylic acids is 1. The molecule has 4 aromatic rings. The van der Waals surface area contributed by atoms with Gasteiger partial charge in [-0.1, -0.05) is 42.5 Å². The number of sulfonamides is 1. The van der Waals surface area contributed by atoms with Gasteiger partial charge in [0, 0.05) is 5.92 Å². The number of anilines is 1. The summed E-state index contributed by atoms with van der Waals surface area (Å²) in [5.74, 6) is -2.37. The molecule has 41 heavy (non-hydrogen) atoms. The van der Waals surface area contributed by atoms with E-state index in [4.69, 9.17) is 0 Å². The first-order valence-corrected chi connectivity index (χ1v) is 14.6. The molecule has 0 amide bonds. The summed E-state index contributed by atoms with van der Waals surface area (Å²) in [6.45, 7) is 6.28. The van der Waals surface area contributed by atoms with E-state index in [2.05, 4.69) is 5.10 Å². The number of rotatable bonds is 9. The van der Waals surface area contributed by atoms with Crippen molar-refractivity contribution in [3.63, 3.8) is 0 Å². The van der Waals surface area contributed by atoms with Gasteiger partial charge in [-0.2, -0.15) is 5.10 Å². The molecular weight excluding hydrogens is 542 g/mol. The maximum atomic E-state index is 14.1. The molecule has 0 radical (unpaired) electrons. The second-order valence-corrected chi connectivity index (χ2v) is 12.3. The number of benzene rings is 3. The lowest BCUT2D eigenvalue weighted by molar-refractivity contribution is -0.135. The lowest BCUT2D eigenvalue weighted by Gasteiger charge is -2.26. The Hall–Kier alpha value is -4.44. The minimum Gasteiger partial charge on any atom is -0.480 e. The van der Waals surface area contributed by atoms with Crippen molar-refractivity contribution >= 4 is 27.6 Å². The van der Waals surface area contributed by atoms with E-state index in [9.17, 15) is 28.2 Å². The van der Waals surface area contributed by atoms with Crippen LogP contribution in [-0.2, 0) is 14.8 Å². The van der Waals surface area contributed by atoms with Gasteiger partial charge in [0.05, 0.1) is 28.2 Å². The van der Waals surface area contributed by atoms with E-state index in [-0.39, 0.29) is 28.0 Å². The highest BCUT2D eigenvalue weighted by Gasteiger charge is 2.44. The topological polar surface area (TPSA) is 130 Å². The number of hydrogen-bond acceptors (Lipinski definition) is 5. The van der Waals surface area contributed by atoms with Crippen molar-refractivity contribution < 1.29 is 28.2 Å². The zero-order chi connectivity index (χ0) is 29.6. The summed E-state index contributed by atoms with van der Waals surface area (Å²) in [7, 11) is -4.29. The Labute approximate surface area is 238 Å². The molecule has 10 heteroatoms. The molecule has 1 aromatic heterocycles. The Bertz CT molecular complexity index is 1750. The summed E-state index contributed by atoms with van der Waals surface area (Å²) in [6, 6.07) is 18.1. The van der Waals surface area contributed by atoms with E-state index in [1.807, 2.05) is 50.2 Å². The van der Waals surface area contributed by atoms with Gasteiger partial charge < -0.3 is 10.2 Å². The zero-order valence-electron chi connectivity index (χ0n) is 23.2. The smallest absolute Gasteiger partial charge is 0.339 e. The highest BCUT2D eigenvalue weighted by atomic mass is 32.2. The van der Waals surface area contributed by atoms with Crippen molar-refractivity contribution in [2.75, 3.05) is 10.8 Å². The molecule has 5 rings (SSSR count). The van der Waals surface area contributed by atoms with Crippen molar-refractivity contribution in [1.82, 2.24) is 9.78 Å². The van der Waals surface area contributed by atoms with Gasteiger partial charge in [-0.3, -0.25) is 9.10 Å². The van der Waals surface area contributed by atoms with Gasteiger partial charge in [0.15, 0.2) is 0 Å². The van der Waals surface area contributed by atoms with Crippen molar-refractivity contribution in [3.05, 3.63) is 106 Å². The van der Waals surface area contributed by atoms with Crippen LogP contribution < -0.4 is 4.31 Å². The SMILES string of the molecule is Cc1cc(C)c(C)c(S(=O)(=O)N(CC(=O)O)c2cccc(-n3ncc(C(=O)O)c3[C@H]3C[C@@H]3c3ccccc3)c2)c1C. The summed E-state index contributed by atoms with van der Waals surface area (Å²) in [5.41, 5.74) is 4.97. The van der Waals surface area contributed by atoms with Gasteiger partial charge in [0.25, 0.3) is 10.0 Å². The molecule has 212 valence electrons. The molecule has 0 saturated heterocycles. The Kier molecular flexibility index (Phi) is 7.21. The van der Waals surface area contributed by atoms with Crippen LogP contribution in [0.5, 0.6) is 0 Å². The van der Waals surface area contributed by atoms with Crippen LogP contribution in [0.3, 0.4) is 0 Å². The average molecular weight is 574 g/mol. The zero-order valence-corrected chi connectivity index (χ0v) is 24.0. The quantitative estimate of drug-likeness (QED) is 0.276. The lowest BCUT2D eigenvalue weighted by Crippen LogP contribution is -2.36. The largest absolute Gasteiger partial charge is 0.480 e.